The Morgan fingerprint density at radius 2 is 0.921 bits per heavy atom. The Kier molecular flexibility index (Phi) is 4.55. The topological polar surface area (TPSA) is 25.8 Å². The molecule has 176 valence electrons. The van der Waals surface area contributed by atoms with E-state index in [0.717, 1.165) is 33.1 Å². The van der Waals surface area contributed by atoms with Crippen molar-refractivity contribution in [2.45, 2.75) is 0 Å². The van der Waals surface area contributed by atoms with E-state index in [1.54, 1.807) is 0 Å². The molecule has 0 radical (unpaired) electrons. The van der Waals surface area contributed by atoms with Crippen LogP contribution in [0.4, 0.5) is 0 Å². The molecule has 2 nitrogen and oxygen atoms in total. The lowest BCUT2D eigenvalue weighted by Gasteiger charge is -2.12. The second kappa shape index (κ2) is 8.22. The molecule has 2 heterocycles. The Labute approximate surface area is 219 Å². The van der Waals surface area contributed by atoms with E-state index >= 15 is 0 Å². The van der Waals surface area contributed by atoms with E-state index in [-0.39, 0.29) is 0 Å². The molecule has 8 aromatic rings. The Balaban J connectivity index is 1.24. The van der Waals surface area contributed by atoms with Gasteiger partial charge in [0.25, 0.3) is 0 Å². The molecule has 0 spiro atoms. The van der Waals surface area contributed by atoms with Gasteiger partial charge in [0.2, 0.25) is 0 Å². The van der Waals surface area contributed by atoms with Gasteiger partial charge >= 0.3 is 0 Å². The number of hydrogen-bond donors (Lipinski definition) is 0. The van der Waals surface area contributed by atoms with Crippen molar-refractivity contribution in [3.05, 3.63) is 134 Å². The summed E-state index contributed by atoms with van der Waals surface area (Å²) in [6.45, 7) is 0. The molecular formula is C36H22N2. The summed E-state index contributed by atoms with van der Waals surface area (Å²) in [5, 5.41) is 9.99. The molecule has 0 aliphatic heterocycles. The molecule has 2 heteroatoms. The quantitative estimate of drug-likeness (QED) is 0.229. The van der Waals surface area contributed by atoms with Crippen LogP contribution in [0.2, 0.25) is 0 Å². The summed E-state index contributed by atoms with van der Waals surface area (Å²) in [5.41, 5.74) is 6.35. The summed E-state index contributed by atoms with van der Waals surface area (Å²) in [7, 11) is 0. The first-order valence-electron chi connectivity index (χ1n) is 12.9. The summed E-state index contributed by atoms with van der Waals surface area (Å²) in [6.07, 6.45) is 1.83. The van der Waals surface area contributed by atoms with Crippen molar-refractivity contribution in [1.82, 2.24) is 9.97 Å². The van der Waals surface area contributed by atoms with E-state index in [9.17, 15) is 0 Å². The lowest BCUT2D eigenvalue weighted by atomic mass is 9.92. The molecule has 0 amide bonds. The van der Waals surface area contributed by atoms with Crippen LogP contribution in [0.25, 0.3) is 76.5 Å². The number of benzene rings is 6. The maximum absolute atomic E-state index is 5.02. The number of aromatic nitrogens is 2. The third-order valence-corrected chi connectivity index (χ3v) is 7.69. The minimum atomic E-state index is 0.943. The fraction of sp³-hybridized carbons (Fsp3) is 0. The highest BCUT2D eigenvalue weighted by molar-refractivity contribution is 6.25. The molecule has 0 saturated heterocycles. The van der Waals surface area contributed by atoms with Gasteiger partial charge in [-0.05, 0) is 61.6 Å². The van der Waals surface area contributed by atoms with Gasteiger partial charge < -0.3 is 0 Å². The third kappa shape index (κ3) is 3.21. The van der Waals surface area contributed by atoms with Crippen molar-refractivity contribution in [3.8, 4) is 22.4 Å². The van der Waals surface area contributed by atoms with Gasteiger partial charge in [-0.3, -0.25) is 4.98 Å². The highest BCUT2D eigenvalue weighted by Gasteiger charge is 2.10. The largest absolute Gasteiger partial charge is 0.254 e. The lowest BCUT2D eigenvalue weighted by molar-refractivity contribution is 1.37. The van der Waals surface area contributed by atoms with Crippen molar-refractivity contribution < 1.29 is 0 Å². The van der Waals surface area contributed by atoms with Gasteiger partial charge in [-0.1, -0.05) is 109 Å². The summed E-state index contributed by atoms with van der Waals surface area (Å²) in [5.74, 6) is 0. The Bertz CT molecular complexity index is 2140. The van der Waals surface area contributed by atoms with Gasteiger partial charge in [-0.25, -0.2) is 4.98 Å². The zero-order chi connectivity index (χ0) is 25.1. The summed E-state index contributed by atoms with van der Waals surface area (Å²) >= 11 is 0. The summed E-state index contributed by atoms with van der Waals surface area (Å²) in [4.78, 5) is 9.62. The van der Waals surface area contributed by atoms with Crippen LogP contribution in [-0.4, -0.2) is 9.97 Å². The molecule has 0 atom stereocenters. The van der Waals surface area contributed by atoms with E-state index in [1.807, 2.05) is 12.3 Å². The minimum absolute atomic E-state index is 0.943. The standard InChI is InChI=1S/C36H22N2/c1-2-9-30-28(7-1)29-8-3-4-10-31(29)33-22-27(17-19-32(30)33)23-11-13-24(14-12-23)34-20-18-26-16-15-25-6-5-21-37-35(25)36(26)38-34/h1-22H. The first-order valence-corrected chi connectivity index (χ1v) is 12.9. The minimum Gasteiger partial charge on any atom is -0.254 e. The zero-order valence-electron chi connectivity index (χ0n) is 20.6. The molecule has 0 unspecified atom stereocenters. The van der Waals surface area contributed by atoms with Crippen LogP contribution in [0, 0.1) is 0 Å². The molecule has 6 aromatic carbocycles. The van der Waals surface area contributed by atoms with Gasteiger partial charge in [-0.15, -0.1) is 0 Å². The normalized spacial score (nSPS) is 11.7. The fourth-order valence-corrected chi connectivity index (χ4v) is 5.81. The van der Waals surface area contributed by atoms with Crippen LogP contribution in [0.1, 0.15) is 0 Å². The summed E-state index contributed by atoms with van der Waals surface area (Å²) in [6, 6.07) is 45.5. The molecule has 0 aliphatic carbocycles. The van der Waals surface area contributed by atoms with E-state index in [1.165, 1.54) is 43.4 Å². The molecule has 0 N–H and O–H groups in total. The Morgan fingerprint density at radius 1 is 0.368 bits per heavy atom. The van der Waals surface area contributed by atoms with Crippen molar-refractivity contribution in [2.75, 3.05) is 0 Å². The van der Waals surface area contributed by atoms with E-state index < -0.39 is 0 Å². The smallest absolute Gasteiger partial charge is 0.0972 e. The third-order valence-electron chi connectivity index (χ3n) is 7.69. The van der Waals surface area contributed by atoms with E-state index in [4.69, 9.17) is 4.98 Å². The van der Waals surface area contributed by atoms with Crippen molar-refractivity contribution in [1.29, 1.82) is 0 Å². The molecule has 38 heavy (non-hydrogen) atoms. The van der Waals surface area contributed by atoms with Gasteiger partial charge in [0.05, 0.1) is 16.7 Å². The molecule has 8 rings (SSSR count). The van der Waals surface area contributed by atoms with Crippen molar-refractivity contribution in [2.24, 2.45) is 0 Å². The highest BCUT2D eigenvalue weighted by atomic mass is 14.7. The number of nitrogens with zero attached hydrogens (tertiary/aromatic N) is 2. The SMILES string of the molecule is c1cnc2c(c1)ccc1ccc(-c3ccc(-c4ccc5c6ccccc6c6ccccc6c5c4)cc3)nc12. The first kappa shape index (κ1) is 21.0. The summed E-state index contributed by atoms with van der Waals surface area (Å²) < 4.78 is 0. The van der Waals surface area contributed by atoms with E-state index in [0.29, 0.717) is 0 Å². The van der Waals surface area contributed by atoms with E-state index in [2.05, 4.69) is 126 Å². The number of hydrogen-bond acceptors (Lipinski definition) is 2. The molecule has 0 saturated carbocycles. The molecule has 2 aromatic heterocycles. The monoisotopic (exact) mass is 482 g/mol. The molecular weight excluding hydrogens is 460 g/mol. The van der Waals surface area contributed by atoms with Crippen LogP contribution in [0.5, 0.6) is 0 Å². The average molecular weight is 483 g/mol. The van der Waals surface area contributed by atoms with Crippen LogP contribution in [0.15, 0.2) is 134 Å². The van der Waals surface area contributed by atoms with Gasteiger partial charge in [-0.2, -0.15) is 0 Å². The second-order valence-electron chi connectivity index (χ2n) is 9.84. The van der Waals surface area contributed by atoms with Crippen molar-refractivity contribution >= 4 is 54.1 Å². The number of pyridine rings is 2. The molecule has 0 aliphatic rings. The predicted molar refractivity (Wildman–Crippen MR) is 160 cm³/mol. The maximum atomic E-state index is 5.02. The van der Waals surface area contributed by atoms with Crippen LogP contribution in [-0.2, 0) is 0 Å². The average Bonchev–Trinajstić information content (AvgIpc) is 3.01. The number of fused-ring (bicyclic) bond motifs is 9. The van der Waals surface area contributed by atoms with Gasteiger partial charge in [0.15, 0.2) is 0 Å². The molecule has 0 bridgehead atoms. The molecule has 0 fully saturated rings. The first-order chi connectivity index (χ1) is 18.8. The number of rotatable bonds is 2. The zero-order valence-corrected chi connectivity index (χ0v) is 20.6. The maximum Gasteiger partial charge on any atom is 0.0972 e. The lowest BCUT2D eigenvalue weighted by Crippen LogP contribution is -1.89. The highest BCUT2D eigenvalue weighted by Crippen LogP contribution is 2.37. The Hall–Kier alpha value is -5.08. The Morgan fingerprint density at radius 3 is 1.63 bits per heavy atom. The van der Waals surface area contributed by atoms with Gasteiger partial charge in [0, 0.05) is 22.5 Å². The predicted octanol–water partition coefficient (Wildman–Crippen LogP) is 9.58. The van der Waals surface area contributed by atoms with Crippen molar-refractivity contribution in [3.63, 3.8) is 0 Å². The van der Waals surface area contributed by atoms with Crippen LogP contribution in [0.3, 0.4) is 0 Å². The second-order valence-corrected chi connectivity index (χ2v) is 9.84. The van der Waals surface area contributed by atoms with Gasteiger partial charge in [0.1, 0.15) is 0 Å². The van der Waals surface area contributed by atoms with Crippen LogP contribution < -0.4 is 0 Å². The fourth-order valence-electron chi connectivity index (χ4n) is 5.81. The van der Waals surface area contributed by atoms with Crippen LogP contribution >= 0.6 is 0 Å².